The molecular weight excluding hydrogens is 450 g/mol. The van der Waals surface area contributed by atoms with Crippen molar-refractivity contribution < 1.29 is 14.6 Å². The third kappa shape index (κ3) is 6.16. The van der Waals surface area contributed by atoms with Gasteiger partial charge in [0, 0.05) is 11.6 Å². The molecule has 4 aromatic rings. The second-order valence-corrected chi connectivity index (χ2v) is 8.61. The molecule has 1 aromatic heterocycles. The van der Waals surface area contributed by atoms with E-state index in [0.29, 0.717) is 23.1 Å². The van der Waals surface area contributed by atoms with Crippen molar-refractivity contribution in [2.24, 2.45) is 0 Å². The predicted octanol–water partition coefficient (Wildman–Crippen LogP) is 4.55. The number of aryl methyl sites for hydroxylation is 1. The Kier molecular flexibility index (Phi) is 7.83. The van der Waals surface area contributed by atoms with Gasteiger partial charge in [-0.15, -0.1) is 0 Å². The normalized spacial score (nSPS) is 12.0. The summed E-state index contributed by atoms with van der Waals surface area (Å²) in [6.07, 6.45) is 0.306. The topological polar surface area (TPSA) is 76.4 Å². The largest absolute Gasteiger partial charge is 0.491 e. The van der Waals surface area contributed by atoms with E-state index >= 15 is 0 Å². The van der Waals surface area contributed by atoms with Gasteiger partial charge in [0.2, 0.25) is 5.91 Å². The van der Waals surface area contributed by atoms with Crippen LogP contribution in [0.15, 0.2) is 72.8 Å². The van der Waals surface area contributed by atoms with Gasteiger partial charge in [-0.2, -0.15) is 0 Å². The SMILES string of the molecule is CCc1ccc(OCC(O)Cn2c(CC(=O)NCc3ccc(Cl)cc3)nc3ccccc32)cc1. The zero-order chi connectivity index (χ0) is 23.9. The summed E-state index contributed by atoms with van der Waals surface area (Å²) < 4.78 is 7.67. The van der Waals surface area contributed by atoms with Gasteiger partial charge in [-0.05, 0) is 53.9 Å². The van der Waals surface area contributed by atoms with Crippen LogP contribution in [0.5, 0.6) is 5.75 Å². The summed E-state index contributed by atoms with van der Waals surface area (Å²) in [5.74, 6) is 1.17. The van der Waals surface area contributed by atoms with Gasteiger partial charge in [0.25, 0.3) is 0 Å². The summed E-state index contributed by atoms with van der Waals surface area (Å²) in [7, 11) is 0. The molecule has 0 aliphatic carbocycles. The molecule has 2 N–H and O–H groups in total. The number of aliphatic hydroxyl groups excluding tert-OH is 1. The van der Waals surface area contributed by atoms with E-state index in [2.05, 4.69) is 17.2 Å². The number of rotatable bonds is 10. The first-order chi connectivity index (χ1) is 16.5. The van der Waals surface area contributed by atoms with Crippen molar-refractivity contribution in [2.45, 2.75) is 39.0 Å². The quantitative estimate of drug-likeness (QED) is 0.351. The number of ether oxygens (including phenoxy) is 1. The van der Waals surface area contributed by atoms with Crippen molar-refractivity contribution in [1.29, 1.82) is 0 Å². The minimum Gasteiger partial charge on any atom is -0.491 e. The number of nitrogens with zero attached hydrogens (tertiary/aromatic N) is 2. The van der Waals surface area contributed by atoms with Crippen LogP contribution in [0.3, 0.4) is 0 Å². The van der Waals surface area contributed by atoms with Crippen LogP contribution in [0.1, 0.15) is 23.9 Å². The highest BCUT2D eigenvalue weighted by atomic mass is 35.5. The molecule has 3 aromatic carbocycles. The number of halogens is 1. The van der Waals surface area contributed by atoms with Crippen LogP contribution in [-0.2, 0) is 30.7 Å². The average Bonchev–Trinajstić information content (AvgIpc) is 3.19. The minimum atomic E-state index is -0.765. The third-order valence-corrected chi connectivity index (χ3v) is 5.87. The Morgan fingerprint density at radius 2 is 1.76 bits per heavy atom. The van der Waals surface area contributed by atoms with E-state index < -0.39 is 6.10 Å². The Balaban J connectivity index is 1.41. The number of aliphatic hydroxyl groups is 1. The predicted molar refractivity (Wildman–Crippen MR) is 134 cm³/mol. The van der Waals surface area contributed by atoms with Crippen LogP contribution >= 0.6 is 11.6 Å². The number of aromatic nitrogens is 2. The van der Waals surface area contributed by atoms with Crippen molar-refractivity contribution in [1.82, 2.24) is 14.9 Å². The number of para-hydroxylation sites is 2. The van der Waals surface area contributed by atoms with E-state index in [1.54, 1.807) is 12.1 Å². The number of nitrogens with one attached hydrogen (secondary N) is 1. The van der Waals surface area contributed by atoms with Gasteiger partial charge in [0.05, 0.1) is 24.0 Å². The number of hydrogen-bond acceptors (Lipinski definition) is 4. The van der Waals surface area contributed by atoms with E-state index in [-0.39, 0.29) is 25.5 Å². The molecule has 7 heteroatoms. The maximum Gasteiger partial charge on any atom is 0.227 e. The molecule has 0 radical (unpaired) electrons. The lowest BCUT2D eigenvalue weighted by Crippen LogP contribution is -2.28. The molecule has 0 spiro atoms. The lowest BCUT2D eigenvalue weighted by Gasteiger charge is -2.16. The Labute approximate surface area is 204 Å². The number of hydrogen-bond donors (Lipinski definition) is 2. The molecule has 0 saturated heterocycles. The number of fused-ring (bicyclic) bond motifs is 1. The monoisotopic (exact) mass is 477 g/mol. The van der Waals surface area contributed by atoms with Crippen LogP contribution in [0, 0.1) is 0 Å². The Morgan fingerprint density at radius 3 is 2.50 bits per heavy atom. The van der Waals surface area contributed by atoms with Crippen LogP contribution in [0.25, 0.3) is 11.0 Å². The molecule has 1 amide bonds. The minimum absolute atomic E-state index is 0.105. The Bertz CT molecular complexity index is 1240. The molecule has 4 rings (SSSR count). The lowest BCUT2D eigenvalue weighted by molar-refractivity contribution is -0.120. The zero-order valence-electron chi connectivity index (χ0n) is 19.1. The van der Waals surface area contributed by atoms with Crippen molar-refractivity contribution >= 4 is 28.5 Å². The Hall–Kier alpha value is -3.35. The fraction of sp³-hybridized carbons (Fsp3) is 0.259. The molecule has 6 nitrogen and oxygen atoms in total. The first-order valence-electron chi connectivity index (χ1n) is 11.4. The maximum absolute atomic E-state index is 12.7. The number of carbonyl (C=O) groups excluding carboxylic acids is 1. The maximum atomic E-state index is 12.7. The van der Waals surface area contributed by atoms with E-state index in [1.165, 1.54) is 5.56 Å². The number of carbonyl (C=O) groups is 1. The first-order valence-corrected chi connectivity index (χ1v) is 11.7. The molecule has 34 heavy (non-hydrogen) atoms. The molecule has 0 saturated carbocycles. The van der Waals surface area contributed by atoms with Crippen LogP contribution in [0.4, 0.5) is 0 Å². The Morgan fingerprint density at radius 1 is 1.06 bits per heavy atom. The standard InChI is InChI=1S/C27H28ClN3O3/c1-2-19-9-13-23(14-10-19)34-18-22(32)17-31-25-6-4-3-5-24(25)30-26(31)15-27(33)29-16-20-7-11-21(28)12-8-20/h3-14,22,32H,2,15-18H2,1H3,(H,29,33). The van der Waals surface area contributed by atoms with Crippen LogP contribution in [-0.4, -0.2) is 33.3 Å². The van der Waals surface area contributed by atoms with Crippen LogP contribution in [0.2, 0.25) is 5.02 Å². The van der Waals surface area contributed by atoms with Crippen molar-refractivity contribution in [3.63, 3.8) is 0 Å². The van der Waals surface area contributed by atoms with E-state index in [0.717, 1.165) is 23.0 Å². The molecule has 1 atom stereocenters. The molecule has 1 heterocycles. The molecule has 0 fully saturated rings. The fourth-order valence-electron chi connectivity index (χ4n) is 3.75. The van der Waals surface area contributed by atoms with Gasteiger partial charge in [0.15, 0.2) is 0 Å². The fourth-order valence-corrected chi connectivity index (χ4v) is 3.88. The van der Waals surface area contributed by atoms with E-state index in [9.17, 15) is 9.90 Å². The van der Waals surface area contributed by atoms with Gasteiger partial charge in [-0.3, -0.25) is 4.79 Å². The third-order valence-electron chi connectivity index (χ3n) is 5.62. The number of imidazole rings is 1. The van der Waals surface area contributed by atoms with Crippen LogP contribution < -0.4 is 10.1 Å². The number of amides is 1. The molecule has 1 unspecified atom stereocenters. The number of benzene rings is 3. The average molecular weight is 478 g/mol. The van der Waals surface area contributed by atoms with Crippen molar-refractivity contribution in [2.75, 3.05) is 6.61 Å². The second kappa shape index (κ2) is 11.2. The summed E-state index contributed by atoms with van der Waals surface area (Å²) in [4.78, 5) is 17.3. The van der Waals surface area contributed by atoms with Gasteiger partial charge >= 0.3 is 0 Å². The smallest absolute Gasteiger partial charge is 0.227 e. The summed E-state index contributed by atoms with van der Waals surface area (Å²) in [5, 5.41) is 14.3. The van der Waals surface area contributed by atoms with E-state index in [1.807, 2.05) is 65.2 Å². The van der Waals surface area contributed by atoms with Gasteiger partial charge in [-0.25, -0.2) is 4.98 Å². The van der Waals surface area contributed by atoms with Gasteiger partial charge < -0.3 is 19.7 Å². The highest BCUT2D eigenvalue weighted by Crippen LogP contribution is 2.18. The van der Waals surface area contributed by atoms with E-state index in [4.69, 9.17) is 16.3 Å². The van der Waals surface area contributed by atoms with Gasteiger partial charge in [-0.1, -0.05) is 54.9 Å². The summed E-state index contributed by atoms with van der Waals surface area (Å²) in [6, 6.07) is 22.9. The highest BCUT2D eigenvalue weighted by molar-refractivity contribution is 6.30. The molecular formula is C27H28ClN3O3. The summed E-state index contributed by atoms with van der Waals surface area (Å²) >= 11 is 5.92. The van der Waals surface area contributed by atoms with Gasteiger partial charge in [0.1, 0.15) is 24.3 Å². The van der Waals surface area contributed by atoms with Crippen molar-refractivity contribution in [3.8, 4) is 5.75 Å². The summed E-state index contributed by atoms with van der Waals surface area (Å²) in [6.45, 7) is 2.92. The highest BCUT2D eigenvalue weighted by Gasteiger charge is 2.17. The molecule has 176 valence electrons. The van der Waals surface area contributed by atoms with Crippen molar-refractivity contribution in [3.05, 3.63) is 94.8 Å². The zero-order valence-corrected chi connectivity index (χ0v) is 19.8. The first kappa shape index (κ1) is 23.8. The molecule has 0 aliphatic heterocycles. The summed E-state index contributed by atoms with van der Waals surface area (Å²) in [5.41, 5.74) is 3.85. The molecule has 0 aliphatic rings. The lowest BCUT2D eigenvalue weighted by atomic mass is 10.2. The second-order valence-electron chi connectivity index (χ2n) is 8.17. The molecule has 0 bridgehead atoms.